The zero-order valence-electron chi connectivity index (χ0n) is 16.6. The molecule has 1 unspecified atom stereocenters. The van der Waals surface area contributed by atoms with Crippen LogP contribution in [0.4, 0.5) is 4.79 Å². The van der Waals surface area contributed by atoms with Gasteiger partial charge in [0, 0.05) is 11.5 Å². The van der Waals surface area contributed by atoms with Crippen molar-refractivity contribution in [3.05, 3.63) is 59.0 Å². The van der Waals surface area contributed by atoms with Gasteiger partial charge in [-0.15, -0.1) is 0 Å². The molecule has 6 nitrogen and oxygen atoms in total. The summed E-state index contributed by atoms with van der Waals surface area (Å²) in [4.78, 5) is 15.8. The van der Waals surface area contributed by atoms with Crippen LogP contribution in [0, 0.1) is 18.3 Å². The number of benzene rings is 2. The Balaban J connectivity index is 1.80. The van der Waals surface area contributed by atoms with Crippen LogP contribution in [0.3, 0.4) is 0 Å². The summed E-state index contributed by atoms with van der Waals surface area (Å²) in [7, 11) is 0. The van der Waals surface area contributed by atoms with Crippen molar-refractivity contribution in [1.29, 1.82) is 5.26 Å². The molecule has 0 bridgehead atoms. The number of allylic oxidation sites excluding steroid dienone is 1. The van der Waals surface area contributed by atoms with Gasteiger partial charge in [0.25, 0.3) is 0 Å². The van der Waals surface area contributed by atoms with E-state index in [0.29, 0.717) is 34.9 Å². The number of nitrogens with zero attached hydrogens (tertiary/aromatic N) is 2. The molecule has 0 radical (unpaired) electrons. The summed E-state index contributed by atoms with van der Waals surface area (Å²) in [5, 5.41) is 21.6. The normalized spacial score (nSPS) is 18.3. The van der Waals surface area contributed by atoms with Crippen molar-refractivity contribution in [3.8, 4) is 17.2 Å². The van der Waals surface area contributed by atoms with Crippen LogP contribution in [0.1, 0.15) is 54.2 Å². The first-order valence-electron chi connectivity index (χ1n) is 10.2. The van der Waals surface area contributed by atoms with E-state index in [4.69, 9.17) is 14.5 Å². The fraction of sp³-hybridized carbons (Fsp3) is 0.292. The summed E-state index contributed by atoms with van der Waals surface area (Å²) in [6, 6.07) is 12.1. The molecule has 0 aliphatic heterocycles. The second-order valence-corrected chi connectivity index (χ2v) is 8.02. The lowest BCUT2D eigenvalue weighted by Crippen LogP contribution is -2.30. The smallest absolute Gasteiger partial charge is 0.405 e. The maximum atomic E-state index is 11.1. The van der Waals surface area contributed by atoms with Gasteiger partial charge in [0.1, 0.15) is 11.6 Å². The number of hydrogen-bond donors (Lipinski definition) is 2. The number of aromatic nitrogens is 1. The molecule has 1 fully saturated rings. The molecule has 0 saturated heterocycles. The summed E-state index contributed by atoms with van der Waals surface area (Å²) in [6.07, 6.45) is 4.48. The van der Waals surface area contributed by atoms with E-state index in [1.165, 1.54) is 0 Å². The van der Waals surface area contributed by atoms with Crippen molar-refractivity contribution in [1.82, 2.24) is 10.3 Å². The SMILES string of the molecule is Cc1c(-c2ccccc2)c(C2=CC(NC(=O)O)CC2)c2oc(C3CC3)nc2c1C#N. The van der Waals surface area contributed by atoms with Crippen molar-refractivity contribution in [3.63, 3.8) is 0 Å². The highest BCUT2D eigenvalue weighted by Gasteiger charge is 2.33. The number of carbonyl (C=O) groups is 1. The molecule has 1 heterocycles. The third-order valence-corrected chi connectivity index (χ3v) is 5.97. The van der Waals surface area contributed by atoms with Gasteiger partial charge in [0.15, 0.2) is 11.5 Å². The van der Waals surface area contributed by atoms with Gasteiger partial charge in [-0.05, 0) is 54.9 Å². The quantitative estimate of drug-likeness (QED) is 0.615. The molecule has 30 heavy (non-hydrogen) atoms. The van der Waals surface area contributed by atoms with Gasteiger partial charge >= 0.3 is 6.09 Å². The average Bonchev–Trinajstić information content (AvgIpc) is 3.34. The molecule has 1 atom stereocenters. The number of oxazole rings is 1. The molecule has 2 aliphatic rings. The Morgan fingerprint density at radius 1 is 1.23 bits per heavy atom. The second kappa shape index (κ2) is 7.03. The number of hydrogen-bond acceptors (Lipinski definition) is 4. The number of rotatable bonds is 4. The molecule has 1 aromatic heterocycles. The minimum absolute atomic E-state index is 0.238. The van der Waals surface area contributed by atoms with Crippen LogP contribution >= 0.6 is 0 Å². The van der Waals surface area contributed by atoms with Crippen LogP contribution in [-0.2, 0) is 0 Å². The fourth-order valence-corrected chi connectivity index (χ4v) is 4.39. The highest BCUT2D eigenvalue weighted by atomic mass is 16.4. The first-order chi connectivity index (χ1) is 14.6. The summed E-state index contributed by atoms with van der Waals surface area (Å²) in [5.41, 5.74) is 6.59. The van der Waals surface area contributed by atoms with Crippen LogP contribution in [0.5, 0.6) is 0 Å². The lowest BCUT2D eigenvalue weighted by atomic mass is 9.87. The Bertz CT molecular complexity index is 1230. The zero-order chi connectivity index (χ0) is 20.8. The van der Waals surface area contributed by atoms with Gasteiger partial charge in [-0.25, -0.2) is 9.78 Å². The molecule has 2 aromatic carbocycles. The largest absolute Gasteiger partial charge is 0.465 e. The topological polar surface area (TPSA) is 99.2 Å². The fourth-order valence-electron chi connectivity index (χ4n) is 4.39. The minimum Gasteiger partial charge on any atom is -0.465 e. The molecular weight excluding hydrogens is 378 g/mol. The van der Waals surface area contributed by atoms with E-state index in [1.807, 2.05) is 43.3 Å². The van der Waals surface area contributed by atoms with Crippen LogP contribution in [0.2, 0.25) is 0 Å². The predicted molar refractivity (Wildman–Crippen MR) is 113 cm³/mol. The van der Waals surface area contributed by atoms with E-state index in [2.05, 4.69) is 11.4 Å². The lowest BCUT2D eigenvalue weighted by molar-refractivity contribution is 0.192. The molecule has 2 N–H and O–H groups in total. The molecule has 3 aromatic rings. The third kappa shape index (κ3) is 3.03. The Labute approximate surface area is 173 Å². The standard InChI is InChI=1S/C24H21N3O3/c1-13-18(12-25)21-22(30-23(27-21)15-7-8-15)20(19(13)14-5-3-2-4-6-14)16-9-10-17(11-16)26-24(28)29/h2-6,11,15,17,26H,7-10H2,1H3,(H,28,29). The summed E-state index contributed by atoms with van der Waals surface area (Å²) >= 11 is 0. The molecule has 6 heteroatoms. The molecule has 2 aliphatic carbocycles. The predicted octanol–water partition coefficient (Wildman–Crippen LogP) is 5.37. The van der Waals surface area contributed by atoms with Crippen molar-refractivity contribution in [2.24, 2.45) is 0 Å². The van der Waals surface area contributed by atoms with Gasteiger partial charge < -0.3 is 14.8 Å². The summed E-state index contributed by atoms with van der Waals surface area (Å²) in [6.45, 7) is 1.96. The molecule has 5 rings (SSSR count). The highest BCUT2D eigenvalue weighted by molar-refractivity contribution is 6.01. The summed E-state index contributed by atoms with van der Waals surface area (Å²) < 4.78 is 6.27. The molecule has 1 saturated carbocycles. The van der Waals surface area contributed by atoms with Gasteiger partial charge in [-0.2, -0.15) is 5.26 Å². The average molecular weight is 399 g/mol. The van der Waals surface area contributed by atoms with Crippen LogP contribution < -0.4 is 5.32 Å². The van der Waals surface area contributed by atoms with Gasteiger partial charge in [-0.3, -0.25) is 0 Å². The third-order valence-electron chi connectivity index (χ3n) is 5.97. The van der Waals surface area contributed by atoms with Crippen molar-refractivity contribution in [2.45, 2.75) is 44.6 Å². The molecule has 0 spiro atoms. The number of amides is 1. The molecule has 150 valence electrons. The number of nitriles is 1. The monoisotopic (exact) mass is 399 g/mol. The van der Waals surface area contributed by atoms with E-state index in [9.17, 15) is 10.1 Å². The Morgan fingerprint density at radius 2 is 2.00 bits per heavy atom. The Hall–Kier alpha value is -3.59. The molecular formula is C24H21N3O3. The number of carboxylic acid groups (broad SMARTS) is 1. The van der Waals surface area contributed by atoms with Crippen molar-refractivity contribution < 1.29 is 14.3 Å². The Morgan fingerprint density at radius 3 is 2.67 bits per heavy atom. The summed E-state index contributed by atoms with van der Waals surface area (Å²) in [5.74, 6) is 1.03. The maximum Gasteiger partial charge on any atom is 0.405 e. The van der Waals surface area contributed by atoms with Crippen molar-refractivity contribution in [2.75, 3.05) is 0 Å². The van der Waals surface area contributed by atoms with E-state index in [1.54, 1.807) is 0 Å². The van der Waals surface area contributed by atoms with Crippen molar-refractivity contribution >= 4 is 22.8 Å². The van der Waals surface area contributed by atoms with E-state index in [0.717, 1.165) is 47.1 Å². The number of nitrogens with one attached hydrogen (secondary N) is 1. The van der Waals surface area contributed by atoms with E-state index >= 15 is 0 Å². The van der Waals surface area contributed by atoms with Crippen LogP contribution in [0.25, 0.3) is 27.8 Å². The van der Waals surface area contributed by atoms with Gasteiger partial charge in [0.05, 0.1) is 11.6 Å². The zero-order valence-corrected chi connectivity index (χ0v) is 16.6. The van der Waals surface area contributed by atoms with Crippen LogP contribution in [0.15, 0.2) is 40.8 Å². The lowest BCUT2D eigenvalue weighted by Gasteiger charge is -2.16. The van der Waals surface area contributed by atoms with E-state index in [-0.39, 0.29) is 6.04 Å². The maximum absolute atomic E-state index is 11.1. The first-order valence-corrected chi connectivity index (χ1v) is 10.2. The molecule has 1 amide bonds. The minimum atomic E-state index is -1.03. The van der Waals surface area contributed by atoms with Crippen LogP contribution in [-0.4, -0.2) is 22.2 Å². The van der Waals surface area contributed by atoms with E-state index < -0.39 is 6.09 Å². The second-order valence-electron chi connectivity index (χ2n) is 8.02. The van der Waals surface area contributed by atoms with Gasteiger partial charge in [-0.1, -0.05) is 36.4 Å². The highest BCUT2D eigenvalue weighted by Crippen LogP contribution is 2.46. The van der Waals surface area contributed by atoms with Gasteiger partial charge in [0.2, 0.25) is 0 Å². The Kier molecular flexibility index (Phi) is 4.32. The first kappa shape index (κ1) is 18.4. The number of fused-ring (bicyclic) bond motifs is 1.